The van der Waals surface area contributed by atoms with Crippen LogP contribution in [0.5, 0.6) is 5.75 Å². The highest BCUT2D eigenvalue weighted by Gasteiger charge is 2.16. The summed E-state index contributed by atoms with van der Waals surface area (Å²) in [6.45, 7) is 1.18. The molecule has 2 aromatic rings. The van der Waals surface area contributed by atoms with Crippen molar-refractivity contribution in [1.82, 2.24) is 0 Å². The Labute approximate surface area is 155 Å². The van der Waals surface area contributed by atoms with Gasteiger partial charge in [-0.05, 0) is 48.7 Å². The zero-order chi connectivity index (χ0) is 19.2. The summed E-state index contributed by atoms with van der Waals surface area (Å²) in [4.78, 5) is 23.1. The molecule has 1 unspecified atom stereocenters. The highest BCUT2D eigenvalue weighted by molar-refractivity contribution is 6.04. The summed E-state index contributed by atoms with van der Waals surface area (Å²) in [6, 6.07) is 10.6. The van der Waals surface area contributed by atoms with Gasteiger partial charge in [0.05, 0.1) is 12.5 Å². The van der Waals surface area contributed by atoms with Crippen LogP contribution >= 0.6 is 0 Å². The molecule has 0 aliphatic carbocycles. The van der Waals surface area contributed by atoms with Crippen LogP contribution in [0.2, 0.25) is 0 Å². The quantitative estimate of drug-likeness (QED) is 0.778. The molecule has 0 aromatic heterocycles. The van der Waals surface area contributed by atoms with E-state index in [0.29, 0.717) is 17.9 Å². The molecule has 2 N–H and O–H groups in total. The van der Waals surface area contributed by atoms with E-state index in [1.807, 2.05) is 0 Å². The lowest BCUT2D eigenvalue weighted by Gasteiger charge is -2.12. The van der Waals surface area contributed by atoms with E-state index in [1.54, 1.807) is 24.3 Å². The van der Waals surface area contributed by atoms with E-state index in [4.69, 9.17) is 14.6 Å². The summed E-state index contributed by atoms with van der Waals surface area (Å²) in [7, 11) is 0. The molecule has 6 nitrogen and oxygen atoms in total. The van der Waals surface area contributed by atoms with E-state index in [1.165, 1.54) is 12.1 Å². The van der Waals surface area contributed by atoms with Crippen LogP contribution in [-0.4, -0.2) is 36.3 Å². The Kier molecular flexibility index (Phi) is 6.03. The predicted molar refractivity (Wildman–Crippen MR) is 96.6 cm³/mol. The second-order valence-electron chi connectivity index (χ2n) is 6.30. The molecule has 0 spiro atoms. The van der Waals surface area contributed by atoms with Crippen LogP contribution in [0, 0.1) is 5.82 Å². The number of halogens is 1. The third-order valence-electron chi connectivity index (χ3n) is 4.21. The van der Waals surface area contributed by atoms with Gasteiger partial charge in [-0.3, -0.25) is 9.59 Å². The zero-order valence-corrected chi connectivity index (χ0v) is 14.6. The summed E-state index contributed by atoms with van der Waals surface area (Å²) in [6.07, 6.45) is 1.65. The summed E-state index contributed by atoms with van der Waals surface area (Å²) < 4.78 is 25.1. The monoisotopic (exact) mass is 373 g/mol. The van der Waals surface area contributed by atoms with Crippen molar-refractivity contribution in [3.8, 4) is 5.75 Å². The van der Waals surface area contributed by atoms with Gasteiger partial charge in [0, 0.05) is 17.9 Å². The van der Waals surface area contributed by atoms with Crippen LogP contribution in [0.25, 0.3) is 0 Å². The number of carboxylic acid groups (broad SMARTS) is 1. The van der Waals surface area contributed by atoms with E-state index >= 15 is 0 Å². The third kappa shape index (κ3) is 5.27. The fraction of sp³-hybridized carbons (Fsp3) is 0.300. The number of carbonyl (C=O) groups excluding carboxylic acids is 1. The van der Waals surface area contributed by atoms with Crippen LogP contribution in [0.1, 0.15) is 28.8 Å². The van der Waals surface area contributed by atoms with Crippen molar-refractivity contribution < 1.29 is 28.6 Å². The SMILES string of the molecule is O=C(O)Cc1ccc(NC(=O)c2cccc(OCC3CCCO3)c2)cc1F. The van der Waals surface area contributed by atoms with Crippen molar-refractivity contribution in [2.24, 2.45) is 0 Å². The van der Waals surface area contributed by atoms with Gasteiger partial charge in [-0.1, -0.05) is 12.1 Å². The molecule has 2 aromatic carbocycles. The van der Waals surface area contributed by atoms with Crippen molar-refractivity contribution in [3.63, 3.8) is 0 Å². The van der Waals surface area contributed by atoms with Gasteiger partial charge in [-0.25, -0.2) is 4.39 Å². The van der Waals surface area contributed by atoms with Gasteiger partial charge in [0.25, 0.3) is 5.91 Å². The lowest BCUT2D eigenvalue weighted by atomic mass is 10.1. The third-order valence-corrected chi connectivity index (χ3v) is 4.21. The second-order valence-corrected chi connectivity index (χ2v) is 6.30. The molecule has 142 valence electrons. The lowest BCUT2D eigenvalue weighted by Crippen LogP contribution is -2.17. The molecule has 0 radical (unpaired) electrons. The number of carboxylic acids is 1. The number of hydrogen-bond donors (Lipinski definition) is 2. The number of amides is 1. The molecule has 1 fully saturated rings. The number of rotatable bonds is 7. The number of aliphatic carboxylic acids is 1. The smallest absolute Gasteiger partial charge is 0.307 e. The minimum atomic E-state index is -1.12. The predicted octanol–water partition coefficient (Wildman–Crippen LogP) is 3.26. The number of ether oxygens (including phenoxy) is 2. The first-order valence-corrected chi connectivity index (χ1v) is 8.67. The summed E-state index contributed by atoms with van der Waals surface area (Å²) >= 11 is 0. The van der Waals surface area contributed by atoms with E-state index in [0.717, 1.165) is 25.5 Å². The van der Waals surface area contributed by atoms with Crippen LogP contribution in [0.15, 0.2) is 42.5 Å². The fourth-order valence-corrected chi connectivity index (χ4v) is 2.83. The Balaban J connectivity index is 1.62. The van der Waals surface area contributed by atoms with Crippen LogP contribution in [0.4, 0.5) is 10.1 Å². The van der Waals surface area contributed by atoms with E-state index < -0.39 is 24.1 Å². The Morgan fingerprint density at radius 1 is 1.26 bits per heavy atom. The Morgan fingerprint density at radius 3 is 2.81 bits per heavy atom. The maximum atomic E-state index is 13.9. The minimum Gasteiger partial charge on any atom is -0.491 e. The standard InChI is InChI=1S/C20H20FNO5/c21-18-11-15(7-6-13(18)10-19(23)24)22-20(25)14-3-1-4-16(9-14)27-12-17-5-2-8-26-17/h1,3-4,6-7,9,11,17H,2,5,8,10,12H2,(H,22,25)(H,23,24). The van der Waals surface area contributed by atoms with Crippen molar-refractivity contribution in [3.05, 3.63) is 59.4 Å². The van der Waals surface area contributed by atoms with Crippen LogP contribution in [-0.2, 0) is 16.0 Å². The van der Waals surface area contributed by atoms with Gasteiger partial charge in [-0.15, -0.1) is 0 Å². The molecule has 1 aliphatic heterocycles. The first kappa shape index (κ1) is 18.8. The van der Waals surface area contributed by atoms with Crippen LogP contribution in [0.3, 0.4) is 0 Å². The highest BCUT2D eigenvalue weighted by atomic mass is 19.1. The normalized spacial score (nSPS) is 16.1. The van der Waals surface area contributed by atoms with E-state index in [2.05, 4.69) is 5.32 Å². The second kappa shape index (κ2) is 8.64. The van der Waals surface area contributed by atoms with Gasteiger partial charge < -0.3 is 19.9 Å². The molecule has 1 amide bonds. The van der Waals surface area contributed by atoms with Crippen molar-refractivity contribution in [2.75, 3.05) is 18.5 Å². The fourth-order valence-electron chi connectivity index (χ4n) is 2.83. The summed E-state index contributed by atoms with van der Waals surface area (Å²) in [5, 5.41) is 11.3. The molecule has 1 heterocycles. The van der Waals surface area contributed by atoms with Gasteiger partial charge in [-0.2, -0.15) is 0 Å². The Bertz CT molecular complexity index is 833. The number of nitrogens with one attached hydrogen (secondary N) is 1. The number of anilines is 1. The van der Waals surface area contributed by atoms with Crippen molar-refractivity contribution >= 4 is 17.6 Å². The molecular weight excluding hydrogens is 353 g/mol. The maximum absolute atomic E-state index is 13.9. The number of carbonyl (C=O) groups is 2. The molecule has 0 saturated carbocycles. The first-order valence-electron chi connectivity index (χ1n) is 8.67. The molecule has 1 aliphatic rings. The molecule has 3 rings (SSSR count). The molecule has 1 saturated heterocycles. The largest absolute Gasteiger partial charge is 0.491 e. The van der Waals surface area contributed by atoms with Crippen molar-refractivity contribution in [1.29, 1.82) is 0 Å². The van der Waals surface area contributed by atoms with Crippen LogP contribution < -0.4 is 10.1 Å². The highest BCUT2D eigenvalue weighted by Crippen LogP contribution is 2.19. The van der Waals surface area contributed by atoms with Gasteiger partial charge in [0.2, 0.25) is 0 Å². The topological polar surface area (TPSA) is 84.9 Å². The van der Waals surface area contributed by atoms with E-state index in [9.17, 15) is 14.0 Å². The first-order chi connectivity index (χ1) is 13.0. The molecule has 0 bridgehead atoms. The number of benzene rings is 2. The maximum Gasteiger partial charge on any atom is 0.307 e. The Hall–Kier alpha value is -2.93. The molecular formula is C20H20FNO5. The molecule has 7 heteroatoms. The Morgan fingerprint density at radius 2 is 2.11 bits per heavy atom. The zero-order valence-electron chi connectivity index (χ0n) is 14.6. The van der Waals surface area contributed by atoms with E-state index in [-0.39, 0.29) is 17.4 Å². The van der Waals surface area contributed by atoms with Gasteiger partial charge in [0.1, 0.15) is 18.2 Å². The molecule has 27 heavy (non-hydrogen) atoms. The molecule has 1 atom stereocenters. The lowest BCUT2D eigenvalue weighted by molar-refractivity contribution is -0.136. The number of hydrogen-bond acceptors (Lipinski definition) is 4. The van der Waals surface area contributed by atoms with Gasteiger partial charge >= 0.3 is 5.97 Å². The van der Waals surface area contributed by atoms with Gasteiger partial charge in [0.15, 0.2) is 0 Å². The van der Waals surface area contributed by atoms with Crippen molar-refractivity contribution in [2.45, 2.75) is 25.4 Å². The summed E-state index contributed by atoms with van der Waals surface area (Å²) in [5.41, 5.74) is 0.678. The summed E-state index contributed by atoms with van der Waals surface area (Å²) in [5.74, 6) is -1.65. The average molecular weight is 373 g/mol. The minimum absolute atomic E-state index is 0.0602. The average Bonchev–Trinajstić information content (AvgIpc) is 3.16.